The number of aromatic nitrogens is 1. The molecule has 5 nitrogen and oxygen atoms in total. The molecular formula is C21H25NO4S. The molecular weight excluding hydrogens is 362 g/mol. The average molecular weight is 388 g/mol. The molecule has 0 amide bonds. The molecule has 1 aromatic carbocycles. The van der Waals surface area contributed by atoms with Crippen LogP contribution >= 0.6 is 11.8 Å². The van der Waals surface area contributed by atoms with Crippen LogP contribution < -0.4 is 4.74 Å². The number of benzene rings is 1. The maximum atomic E-state index is 12.8. The highest BCUT2D eigenvalue weighted by molar-refractivity contribution is 7.98. The van der Waals surface area contributed by atoms with E-state index in [0.29, 0.717) is 42.9 Å². The van der Waals surface area contributed by atoms with Crippen LogP contribution in [-0.2, 0) is 11.2 Å². The second-order valence-corrected chi connectivity index (χ2v) is 7.62. The molecule has 0 radical (unpaired) electrons. The highest BCUT2D eigenvalue weighted by Gasteiger charge is 2.32. The number of carbonyl (C=O) groups is 2. The van der Waals surface area contributed by atoms with Gasteiger partial charge in [-0.25, -0.2) is 4.79 Å². The van der Waals surface area contributed by atoms with Crippen LogP contribution in [0.25, 0.3) is 0 Å². The van der Waals surface area contributed by atoms with Gasteiger partial charge in [-0.15, -0.1) is 0 Å². The third kappa shape index (κ3) is 4.21. The zero-order chi connectivity index (χ0) is 19.4. The molecule has 6 heteroatoms. The number of Topliss-reactive ketones (excluding diaryl/α,β-unsaturated/α-hetero) is 1. The number of nitrogens with one attached hydrogen (secondary N) is 1. The van der Waals surface area contributed by atoms with Crippen molar-refractivity contribution in [3.8, 4) is 5.75 Å². The predicted molar refractivity (Wildman–Crippen MR) is 107 cm³/mol. The smallest absolute Gasteiger partial charge is 0.355 e. The van der Waals surface area contributed by atoms with Crippen LogP contribution in [0.4, 0.5) is 0 Å². The summed E-state index contributed by atoms with van der Waals surface area (Å²) in [6.07, 6.45) is 3.11. The van der Waals surface area contributed by atoms with Gasteiger partial charge in [0.1, 0.15) is 18.1 Å². The first-order chi connectivity index (χ1) is 13.0. The van der Waals surface area contributed by atoms with Gasteiger partial charge in [-0.05, 0) is 55.7 Å². The summed E-state index contributed by atoms with van der Waals surface area (Å²) in [5.74, 6) is 1.37. The standard InChI is InChI=1S/C21H25NO4S/c1-4-25-16-7-5-14(6-8-16)15-11-17-19(18(23)12-15)13(2)20(22-17)21(24)26-9-10-27-3/h5-8,15,22H,4,9-12H2,1-3H3/t15-/m1/s1. The number of carbonyl (C=O) groups excluding carboxylic acids is 2. The maximum Gasteiger partial charge on any atom is 0.355 e. The molecule has 1 aliphatic rings. The van der Waals surface area contributed by atoms with Gasteiger partial charge >= 0.3 is 5.97 Å². The number of rotatable bonds is 7. The number of fused-ring (bicyclic) bond motifs is 1. The molecule has 27 heavy (non-hydrogen) atoms. The lowest BCUT2D eigenvalue weighted by Gasteiger charge is -2.22. The van der Waals surface area contributed by atoms with E-state index < -0.39 is 0 Å². The van der Waals surface area contributed by atoms with Crippen LogP contribution in [0.2, 0.25) is 0 Å². The summed E-state index contributed by atoms with van der Waals surface area (Å²) in [5.41, 5.74) is 3.71. The number of hydrogen-bond donors (Lipinski definition) is 1. The Balaban J connectivity index is 1.79. The first kappa shape index (κ1) is 19.5. The lowest BCUT2D eigenvalue weighted by atomic mass is 9.81. The molecule has 0 fully saturated rings. The third-order valence-electron chi connectivity index (χ3n) is 4.88. The number of aromatic amines is 1. The van der Waals surface area contributed by atoms with Crippen LogP contribution in [0.1, 0.15) is 56.9 Å². The fraction of sp³-hybridized carbons (Fsp3) is 0.429. The summed E-state index contributed by atoms with van der Waals surface area (Å²) in [6, 6.07) is 7.91. The van der Waals surface area contributed by atoms with Gasteiger partial charge < -0.3 is 14.5 Å². The van der Waals surface area contributed by atoms with E-state index in [1.54, 1.807) is 11.8 Å². The zero-order valence-electron chi connectivity index (χ0n) is 16.0. The minimum absolute atomic E-state index is 0.0760. The van der Waals surface area contributed by atoms with Gasteiger partial charge in [0.05, 0.1) is 6.61 Å². The SMILES string of the molecule is CCOc1ccc([C@H]2CC(=O)c3c([nH]c(C(=O)OCCSC)c3C)C2)cc1. The van der Waals surface area contributed by atoms with Crippen LogP contribution in [0.3, 0.4) is 0 Å². The Kier molecular flexibility index (Phi) is 6.26. The van der Waals surface area contributed by atoms with Gasteiger partial charge in [-0.1, -0.05) is 12.1 Å². The molecule has 1 atom stereocenters. The second kappa shape index (κ2) is 8.65. The van der Waals surface area contributed by atoms with Crippen molar-refractivity contribution >= 4 is 23.5 Å². The van der Waals surface area contributed by atoms with Gasteiger partial charge in [0.25, 0.3) is 0 Å². The van der Waals surface area contributed by atoms with Crippen LogP contribution in [0.15, 0.2) is 24.3 Å². The van der Waals surface area contributed by atoms with Crippen LogP contribution in [0, 0.1) is 6.92 Å². The molecule has 3 rings (SSSR count). The van der Waals surface area contributed by atoms with E-state index >= 15 is 0 Å². The molecule has 0 aliphatic heterocycles. The van der Waals surface area contributed by atoms with Crippen molar-refractivity contribution in [2.75, 3.05) is 25.2 Å². The summed E-state index contributed by atoms with van der Waals surface area (Å²) in [6.45, 7) is 4.76. The first-order valence-electron chi connectivity index (χ1n) is 9.18. The monoisotopic (exact) mass is 387 g/mol. The fourth-order valence-electron chi connectivity index (χ4n) is 3.57. The van der Waals surface area contributed by atoms with Gasteiger partial charge in [-0.2, -0.15) is 11.8 Å². The van der Waals surface area contributed by atoms with Crippen molar-refractivity contribution in [3.05, 3.63) is 52.3 Å². The summed E-state index contributed by atoms with van der Waals surface area (Å²) in [4.78, 5) is 28.2. The minimum atomic E-state index is -0.388. The Morgan fingerprint density at radius 1 is 1.26 bits per heavy atom. The molecule has 1 N–H and O–H groups in total. The van der Waals surface area contributed by atoms with E-state index in [-0.39, 0.29) is 17.7 Å². The Morgan fingerprint density at radius 3 is 2.67 bits per heavy atom. The molecule has 144 valence electrons. The van der Waals surface area contributed by atoms with Crippen molar-refractivity contribution in [3.63, 3.8) is 0 Å². The van der Waals surface area contributed by atoms with Crippen molar-refractivity contribution in [2.24, 2.45) is 0 Å². The summed E-state index contributed by atoms with van der Waals surface area (Å²) in [7, 11) is 0. The summed E-state index contributed by atoms with van der Waals surface area (Å²) in [5, 5.41) is 0. The normalized spacial score (nSPS) is 16.1. The lowest BCUT2D eigenvalue weighted by Crippen LogP contribution is -2.18. The molecule has 0 bridgehead atoms. The first-order valence-corrected chi connectivity index (χ1v) is 10.6. The lowest BCUT2D eigenvalue weighted by molar-refractivity contribution is 0.0523. The van der Waals surface area contributed by atoms with E-state index in [1.165, 1.54) is 0 Å². The van der Waals surface area contributed by atoms with Crippen LogP contribution in [0.5, 0.6) is 5.75 Å². The number of esters is 1. The zero-order valence-corrected chi connectivity index (χ0v) is 16.8. The highest BCUT2D eigenvalue weighted by Crippen LogP contribution is 2.35. The molecule has 0 spiro atoms. The Bertz CT molecular complexity index is 825. The van der Waals surface area contributed by atoms with Crippen molar-refractivity contribution < 1.29 is 19.1 Å². The largest absolute Gasteiger partial charge is 0.494 e. The average Bonchev–Trinajstić information content (AvgIpc) is 3.00. The molecule has 0 unspecified atom stereocenters. The van der Waals surface area contributed by atoms with E-state index in [9.17, 15) is 9.59 Å². The van der Waals surface area contributed by atoms with Gasteiger partial charge in [-0.3, -0.25) is 4.79 Å². The maximum absolute atomic E-state index is 12.8. The molecule has 1 heterocycles. The number of ether oxygens (including phenoxy) is 2. The highest BCUT2D eigenvalue weighted by atomic mass is 32.2. The third-order valence-corrected chi connectivity index (χ3v) is 5.45. The molecule has 1 aliphatic carbocycles. The topological polar surface area (TPSA) is 68.4 Å². The van der Waals surface area contributed by atoms with Crippen LogP contribution in [-0.4, -0.2) is 42.0 Å². The fourth-order valence-corrected chi connectivity index (χ4v) is 3.82. The van der Waals surface area contributed by atoms with Gasteiger partial charge in [0.2, 0.25) is 0 Å². The molecule has 1 aromatic heterocycles. The van der Waals surface area contributed by atoms with E-state index in [4.69, 9.17) is 9.47 Å². The summed E-state index contributed by atoms with van der Waals surface area (Å²) < 4.78 is 10.8. The number of hydrogen-bond acceptors (Lipinski definition) is 5. The Hall–Kier alpha value is -2.21. The number of H-pyrrole nitrogens is 1. The van der Waals surface area contributed by atoms with Crippen molar-refractivity contribution in [1.82, 2.24) is 4.98 Å². The van der Waals surface area contributed by atoms with Gasteiger partial charge in [0.15, 0.2) is 5.78 Å². The molecule has 0 saturated heterocycles. The Labute approximate surface area is 163 Å². The molecule has 2 aromatic rings. The minimum Gasteiger partial charge on any atom is -0.494 e. The Morgan fingerprint density at radius 2 is 2.00 bits per heavy atom. The second-order valence-electron chi connectivity index (χ2n) is 6.64. The number of ketones is 1. The summed E-state index contributed by atoms with van der Waals surface area (Å²) >= 11 is 1.62. The van der Waals surface area contributed by atoms with E-state index in [2.05, 4.69) is 4.98 Å². The predicted octanol–water partition coefficient (Wildman–Crippen LogP) is 4.15. The molecule has 0 saturated carbocycles. The van der Waals surface area contributed by atoms with Crippen molar-refractivity contribution in [1.29, 1.82) is 0 Å². The van der Waals surface area contributed by atoms with Crippen molar-refractivity contribution in [2.45, 2.75) is 32.6 Å². The van der Waals surface area contributed by atoms with Gasteiger partial charge in [0, 0.05) is 23.4 Å². The van der Waals surface area contributed by atoms with E-state index in [1.807, 2.05) is 44.4 Å². The number of thioether (sulfide) groups is 1. The van der Waals surface area contributed by atoms with E-state index in [0.717, 1.165) is 22.8 Å². The quantitative estimate of drug-likeness (QED) is 0.571.